The molecule has 1 fully saturated rings. The molecule has 0 amide bonds. The number of likely N-dealkylation sites (tertiary alicyclic amines) is 1. The lowest BCUT2D eigenvalue weighted by Crippen LogP contribution is -2.52. The highest BCUT2D eigenvalue weighted by molar-refractivity contribution is 5.69. The van der Waals surface area contributed by atoms with E-state index in [1.165, 1.54) is 0 Å². The van der Waals surface area contributed by atoms with Crippen LogP contribution in [0.4, 0.5) is 0 Å². The monoisotopic (exact) mass is 288 g/mol. The lowest BCUT2D eigenvalue weighted by atomic mass is 9.87. The van der Waals surface area contributed by atoms with Gasteiger partial charge in [0.1, 0.15) is 6.61 Å². The number of nitrogens with zero attached hydrogens (tertiary/aromatic N) is 2. The topological polar surface area (TPSA) is 92.9 Å². The minimum Gasteiger partial charge on any atom is -0.481 e. The van der Waals surface area contributed by atoms with E-state index in [9.17, 15) is 14.9 Å². The molecule has 0 saturated carbocycles. The zero-order valence-electron chi connectivity index (χ0n) is 12.8. The van der Waals surface area contributed by atoms with E-state index in [4.69, 9.17) is 5.11 Å². The standard InChI is InChI=1S/C13H24N2O5/c1-9(11(16)17)7-14-12(2,3)6-10(13(14,4)5)8-20-15(18)19/h9-10H,6-8H2,1-5H3,(H,16,17). The van der Waals surface area contributed by atoms with E-state index < -0.39 is 17.0 Å². The molecule has 1 heterocycles. The molecule has 2 unspecified atom stereocenters. The van der Waals surface area contributed by atoms with Crippen molar-refractivity contribution in [1.29, 1.82) is 0 Å². The van der Waals surface area contributed by atoms with E-state index in [2.05, 4.69) is 9.74 Å². The second-order valence-electron chi connectivity index (χ2n) is 6.74. The van der Waals surface area contributed by atoms with Gasteiger partial charge in [-0.25, -0.2) is 0 Å². The average Bonchev–Trinajstić information content (AvgIpc) is 2.45. The van der Waals surface area contributed by atoms with Crippen LogP contribution in [-0.4, -0.2) is 45.3 Å². The minimum atomic E-state index is -0.832. The van der Waals surface area contributed by atoms with Crippen molar-refractivity contribution < 1.29 is 19.8 Å². The quantitative estimate of drug-likeness (QED) is 0.591. The number of hydrogen-bond donors (Lipinski definition) is 1. The first-order valence-electron chi connectivity index (χ1n) is 6.76. The third-order valence-corrected chi connectivity index (χ3v) is 4.43. The van der Waals surface area contributed by atoms with Gasteiger partial charge in [0, 0.05) is 23.5 Å². The second kappa shape index (κ2) is 5.55. The molecule has 1 aliphatic heterocycles. The Morgan fingerprint density at radius 1 is 1.50 bits per heavy atom. The van der Waals surface area contributed by atoms with Crippen molar-refractivity contribution in [3.8, 4) is 0 Å². The molecule has 0 spiro atoms. The van der Waals surface area contributed by atoms with E-state index in [1.54, 1.807) is 6.92 Å². The van der Waals surface area contributed by atoms with Crippen LogP contribution in [0.25, 0.3) is 0 Å². The molecular weight excluding hydrogens is 264 g/mol. The van der Waals surface area contributed by atoms with Gasteiger partial charge in [-0.1, -0.05) is 6.92 Å². The van der Waals surface area contributed by atoms with Crippen LogP contribution in [0, 0.1) is 22.0 Å². The summed E-state index contributed by atoms with van der Waals surface area (Å²) in [4.78, 5) is 28.1. The zero-order valence-corrected chi connectivity index (χ0v) is 12.8. The summed E-state index contributed by atoms with van der Waals surface area (Å²) in [6.07, 6.45) is 0.736. The van der Waals surface area contributed by atoms with Gasteiger partial charge in [0.15, 0.2) is 0 Å². The predicted octanol–water partition coefficient (Wildman–Crippen LogP) is 1.79. The Morgan fingerprint density at radius 2 is 2.05 bits per heavy atom. The summed E-state index contributed by atoms with van der Waals surface area (Å²) in [5, 5.41) is 18.7. The van der Waals surface area contributed by atoms with Crippen molar-refractivity contribution in [3.05, 3.63) is 10.1 Å². The van der Waals surface area contributed by atoms with Crippen LogP contribution in [0.3, 0.4) is 0 Å². The highest BCUT2D eigenvalue weighted by atomic mass is 16.9. The maximum absolute atomic E-state index is 11.1. The zero-order chi connectivity index (χ0) is 15.7. The van der Waals surface area contributed by atoms with Gasteiger partial charge in [-0.05, 0) is 34.1 Å². The fourth-order valence-corrected chi connectivity index (χ4v) is 3.21. The van der Waals surface area contributed by atoms with Gasteiger partial charge in [-0.2, -0.15) is 0 Å². The van der Waals surface area contributed by atoms with Crippen LogP contribution in [0.15, 0.2) is 0 Å². The average molecular weight is 288 g/mol. The fourth-order valence-electron chi connectivity index (χ4n) is 3.21. The lowest BCUT2D eigenvalue weighted by molar-refractivity contribution is -0.759. The number of aliphatic carboxylic acids is 1. The maximum Gasteiger partial charge on any atom is 0.307 e. The Hall–Kier alpha value is -1.37. The Bertz CT molecular complexity index is 394. The van der Waals surface area contributed by atoms with Crippen LogP contribution in [0.1, 0.15) is 41.0 Å². The van der Waals surface area contributed by atoms with Crippen LogP contribution in [0.5, 0.6) is 0 Å². The van der Waals surface area contributed by atoms with Crippen LogP contribution >= 0.6 is 0 Å². The number of rotatable bonds is 6. The molecule has 1 N–H and O–H groups in total. The van der Waals surface area contributed by atoms with Crippen LogP contribution in [-0.2, 0) is 9.63 Å². The molecule has 0 radical (unpaired) electrons. The summed E-state index contributed by atoms with van der Waals surface area (Å²) < 4.78 is 0. The van der Waals surface area contributed by atoms with E-state index in [0.717, 1.165) is 6.42 Å². The number of carboxylic acid groups (broad SMARTS) is 1. The molecule has 0 aliphatic carbocycles. The molecule has 7 nitrogen and oxygen atoms in total. The number of carboxylic acids is 1. The molecule has 0 aromatic carbocycles. The normalized spacial score (nSPS) is 26.1. The Morgan fingerprint density at radius 3 is 2.50 bits per heavy atom. The van der Waals surface area contributed by atoms with E-state index in [0.29, 0.717) is 6.54 Å². The fraction of sp³-hybridized carbons (Fsp3) is 0.923. The molecular formula is C13H24N2O5. The Kier molecular flexibility index (Phi) is 4.63. The van der Waals surface area contributed by atoms with E-state index in [1.807, 2.05) is 27.7 Å². The summed E-state index contributed by atoms with van der Waals surface area (Å²) in [7, 11) is 0. The van der Waals surface area contributed by atoms with Gasteiger partial charge < -0.3 is 9.94 Å². The summed E-state index contributed by atoms with van der Waals surface area (Å²) in [6, 6.07) is 0. The predicted molar refractivity (Wildman–Crippen MR) is 72.7 cm³/mol. The van der Waals surface area contributed by atoms with Gasteiger partial charge in [0.2, 0.25) is 0 Å². The molecule has 7 heteroatoms. The minimum absolute atomic E-state index is 0.0103. The summed E-state index contributed by atoms with van der Waals surface area (Å²) >= 11 is 0. The molecule has 116 valence electrons. The summed E-state index contributed by atoms with van der Waals surface area (Å²) in [5.41, 5.74) is -0.555. The molecule has 0 bridgehead atoms. The second-order valence-corrected chi connectivity index (χ2v) is 6.74. The summed E-state index contributed by atoms with van der Waals surface area (Å²) in [6.45, 7) is 10.2. The van der Waals surface area contributed by atoms with Crippen molar-refractivity contribution in [2.75, 3.05) is 13.2 Å². The van der Waals surface area contributed by atoms with Crippen molar-refractivity contribution >= 4 is 5.97 Å². The highest BCUT2D eigenvalue weighted by Gasteiger charge is 2.51. The Labute approximate surface area is 119 Å². The maximum atomic E-state index is 11.1. The van der Waals surface area contributed by atoms with Crippen molar-refractivity contribution in [2.45, 2.75) is 52.1 Å². The first kappa shape index (κ1) is 16.7. The summed E-state index contributed by atoms with van der Waals surface area (Å²) in [5.74, 6) is -1.32. The molecule has 20 heavy (non-hydrogen) atoms. The van der Waals surface area contributed by atoms with Crippen molar-refractivity contribution in [3.63, 3.8) is 0 Å². The first-order valence-corrected chi connectivity index (χ1v) is 6.76. The van der Waals surface area contributed by atoms with Crippen LogP contribution < -0.4 is 0 Å². The van der Waals surface area contributed by atoms with Crippen molar-refractivity contribution in [1.82, 2.24) is 4.90 Å². The molecule has 0 aromatic heterocycles. The van der Waals surface area contributed by atoms with Gasteiger partial charge >= 0.3 is 5.97 Å². The SMILES string of the molecule is CC(CN1C(C)(C)CC(CO[N+](=O)[O-])C1(C)C)C(=O)O. The number of hydrogen-bond acceptors (Lipinski definition) is 5. The molecule has 0 aromatic rings. The molecule has 2 atom stereocenters. The number of carbonyl (C=O) groups is 1. The van der Waals surface area contributed by atoms with Gasteiger partial charge in [0.05, 0.1) is 5.92 Å². The molecule has 1 aliphatic rings. The lowest BCUT2D eigenvalue weighted by Gasteiger charge is -2.42. The van der Waals surface area contributed by atoms with Crippen molar-refractivity contribution in [2.24, 2.45) is 11.8 Å². The first-order chi connectivity index (χ1) is 8.98. The third-order valence-electron chi connectivity index (χ3n) is 4.43. The molecule has 1 saturated heterocycles. The third kappa shape index (κ3) is 3.39. The molecule has 1 rings (SSSR count). The van der Waals surface area contributed by atoms with E-state index >= 15 is 0 Å². The van der Waals surface area contributed by atoms with Gasteiger partial charge in [-0.3, -0.25) is 9.69 Å². The highest BCUT2D eigenvalue weighted by Crippen LogP contribution is 2.45. The van der Waals surface area contributed by atoms with E-state index in [-0.39, 0.29) is 23.6 Å². The van der Waals surface area contributed by atoms with Crippen LogP contribution in [0.2, 0.25) is 0 Å². The van der Waals surface area contributed by atoms with Gasteiger partial charge in [0.25, 0.3) is 5.09 Å². The Balaban J connectivity index is 2.87. The largest absolute Gasteiger partial charge is 0.481 e. The smallest absolute Gasteiger partial charge is 0.307 e. The van der Waals surface area contributed by atoms with Gasteiger partial charge in [-0.15, -0.1) is 10.1 Å².